The minimum atomic E-state index is 0.0662. The molecule has 0 aromatic heterocycles. The first-order valence-electron chi connectivity index (χ1n) is 6.93. The topological polar surface area (TPSA) is 32.7 Å². The lowest BCUT2D eigenvalue weighted by molar-refractivity contribution is 0.249. The van der Waals surface area contributed by atoms with E-state index in [1.54, 1.807) is 7.11 Å². The van der Waals surface area contributed by atoms with E-state index in [4.69, 9.17) is 4.74 Å². The van der Waals surface area contributed by atoms with Gasteiger partial charge in [0.15, 0.2) is 11.5 Å². The van der Waals surface area contributed by atoms with Crippen LogP contribution in [-0.2, 0) is 5.41 Å². The van der Waals surface area contributed by atoms with Crippen molar-refractivity contribution < 1.29 is 9.84 Å². The molecule has 1 aliphatic heterocycles. The quantitative estimate of drug-likeness (QED) is 0.829. The second kappa shape index (κ2) is 4.57. The van der Waals surface area contributed by atoms with E-state index in [9.17, 15) is 5.11 Å². The van der Waals surface area contributed by atoms with Crippen LogP contribution in [0.4, 0.5) is 0 Å². The van der Waals surface area contributed by atoms with Crippen LogP contribution in [0.1, 0.15) is 24.8 Å². The fourth-order valence-corrected chi connectivity index (χ4v) is 3.71. The maximum Gasteiger partial charge on any atom is 0.160 e. The van der Waals surface area contributed by atoms with Gasteiger partial charge in [0.2, 0.25) is 0 Å². The first-order valence-corrected chi connectivity index (χ1v) is 6.93. The van der Waals surface area contributed by atoms with E-state index in [1.807, 2.05) is 12.1 Å². The van der Waals surface area contributed by atoms with Gasteiger partial charge in [0.1, 0.15) is 0 Å². The molecule has 2 atom stereocenters. The summed E-state index contributed by atoms with van der Waals surface area (Å²) in [6.07, 6.45) is 8.11. The predicted octanol–water partition coefficient (Wildman–Crippen LogP) is 2.69. The van der Waals surface area contributed by atoms with Crippen LogP contribution in [0, 0.1) is 0 Å². The average Bonchev–Trinajstić information content (AvgIpc) is 2.78. The lowest BCUT2D eigenvalue weighted by Crippen LogP contribution is -2.41. The van der Waals surface area contributed by atoms with Gasteiger partial charge in [-0.1, -0.05) is 18.2 Å². The van der Waals surface area contributed by atoms with Crippen LogP contribution >= 0.6 is 0 Å². The van der Waals surface area contributed by atoms with Crippen LogP contribution < -0.4 is 4.74 Å². The number of likely N-dealkylation sites (N-methyl/N-ethyl adjacent to an activating group) is 1. The summed E-state index contributed by atoms with van der Waals surface area (Å²) >= 11 is 0. The highest BCUT2D eigenvalue weighted by atomic mass is 16.5. The van der Waals surface area contributed by atoms with E-state index in [1.165, 1.54) is 12.0 Å². The third kappa shape index (κ3) is 1.84. The predicted molar refractivity (Wildman–Crippen MR) is 75.7 cm³/mol. The highest BCUT2D eigenvalue weighted by molar-refractivity contribution is 5.47. The molecular weight excluding hydrogens is 238 g/mol. The van der Waals surface area contributed by atoms with Crippen molar-refractivity contribution in [3.8, 4) is 11.5 Å². The van der Waals surface area contributed by atoms with Crippen molar-refractivity contribution in [1.29, 1.82) is 0 Å². The molecule has 0 saturated carbocycles. The van der Waals surface area contributed by atoms with Crippen LogP contribution in [0.5, 0.6) is 11.5 Å². The molecule has 2 aliphatic rings. The van der Waals surface area contributed by atoms with Crippen LogP contribution in [0.25, 0.3) is 0 Å². The fraction of sp³-hybridized carbons (Fsp3) is 0.500. The van der Waals surface area contributed by atoms with Crippen molar-refractivity contribution in [3.63, 3.8) is 0 Å². The number of benzene rings is 1. The number of allylic oxidation sites excluding steroid dienone is 1. The number of likely N-dealkylation sites (tertiary alicyclic amines) is 1. The highest BCUT2D eigenvalue weighted by Gasteiger charge is 2.46. The zero-order valence-corrected chi connectivity index (χ0v) is 11.6. The average molecular weight is 259 g/mol. The summed E-state index contributed by atoms with van der Waals surface area (Å²) in [5, 5.41) is 10.0. The van der Waals surface area contributed by atoms with Crippen molar-refractivity contribution in [1.82, 2.24) is 4.90 Å². The van der Waals surface area contributed by atoms with Gasteiger partial charge in [-0.3, -0.25) is 0 Å². The molecule has 3 rings (SSSR count). The summed E-state index contributed by atoms with van der Waals surface area (Å²) in [4.78, 5) is 2.45. The Kier molecular flexibility index (Phi) is 3.02. The molecular formula is C16H21NO2. The summed E-state index contributed by atoms with van der Waals surface area (Å²) in [6.45, 7) is 1.11. The second-order valence-corrected chi connectivity index (χ2v) is 5.65. The zero-order chi connectivity index (χ0) is 13.5. The molecule has 1 aromatic rings. The van der Waals surface area contributed by atoms with Gasteiger partial charge >= 0.3 is 0 Å². The van der Waals surface area contributed by atoms with E-state index >= 15 is 0 Å². The van der Waals surface area contributed by atoms with Crippen molar-refractivity contribution in [3.05, 3.63) is 35.9 Å². The van der Waals surface area contributed by atoms with Crippen LogP contribution in [0.2, 0.25) is 0 Å². The number of methoxy groups -OCH3 is 1. The van der Waals surface area contributed by atoms with E-state index < -0.39 is 0 Å². The number of ether oxygens (including phenoxy) is 1. The Labute approximate surface area is 114 Å². The maximum absolute atomic E-state index is 10.0. The van der Waals surface area contributed by atoms with Crippen LogP contribution in [0.3, 0.4) is 0 Å². The first-order chi connectivity index (χ1) is 9.17. The Hall–Kier alpha value is -1.48. The van der Waals surface area contributed by atoms with Gasteiger partial charge < -0.3 is 14.7 Å². The highest BCUT2D eigenvalue weighted by Crippen LogP contribution is 2.46. The molecule has 1 aliphatic carbocycles. The van der Waals surface area contributed by atoms with Gasteiger partial charge in [0, 0.05) is 11.5 Å². The molecule has 1 N–H and O–H groups in total. The summed E-state index contributed by atoms with van der Waals surface area (Å²) in [5.41, 5.74) is 1.27. The monoisotopic (exact) mass is 259 g/mol. The van der Waals surface area contributed by atoms with E-state index in [-0.39, 0.29) is 11.2 Å². The summed E-state index contributed by atoms with van der Waals surface area (Å²) in [5.74, 6) is 0.782. The van der Waals surface area contributed by atoms with Crippen LogP contribution in [-0.4, -0.2) is 36.8 Å². The smallest absolute Gasteiger partial charge is 0.160 e. The standard InChI is InChI=1S/C16H21NO2/c1-17-10-9-16(8-4-3-5-15(16)17)12-6-7-14(19-2)13(18)11-12/h4,6-8,11,15,18H,3,5,9-10H2,1-2H3/t15?,16-/m0/s1. The van der Waals surface area contributed by atoms with Gasteiger partial charge in [-0.25, -0.2) is 0 Å². The number of hydrogen-bond donors (Lipinski definition) is 1. The lowest BCUT2D eigenvalue weighted by atomic mass is 9.70. The Morgan fingerprint density at radius 3 is 3.00 bits per heavy atom. The van der Waals surface area contributed by atoms with Gasteiger partial charge in [-0.2, -0.15) is 0 Å². The molecule has 1 fully saturated rings. The van der Waals surface area contributed by atoms with E-state index in [0.29, 0.717) is 11.8 Å². The zero-order valence-electron chi connectivity index (χ0n) is 11.6. The number of fused-ring (bicyclic) bond motifs is 1. The summed E-state index contributed by atoms with van der Waals surface area (Å²) < 4.78 is 5.14. The van der Waals surface area contributed by atoms with Gasteiger partial charge in [-0.15, -0.1) is 0 Å². The van der Waals surface area contributed by atoms with Gasteiger partial charge in [0.25, 0.3) is 0 Å². The Bertz CT molecular complexity index is 511. The number of rotatable bonds is 2. The third-order valence-electron chi connectivity index (χ3n) is 4.74. The molecule has 102 valence electrons. The number of phenolic OH excluding ortho intramolecular Hbond substituents is 1. The number of aromatic hydroxyl groups is 1. The molecule has 1 heterocycles. The van der Waals surface area contributed by atoms with Gasteiger partial charge in [0.05, 0.1) is 7.11 Å². The molecule has 0 amide bonds. The van der Waals surface area contributed by atoms with Crippen molar-refractivity contribution in [2.75, 3.05) is 20.7 Å². The van der Waals surface area contributed by atoms with Crippen molar-refractivity contribution in [2.45, 2.75) is 30.7 Å². The Balaban J connectivity index is 2.06. The number of phenols is 1. The largest absolute Gasteiger partial charge is 0.504 e. The van der Waals surface area contributed by atoms with Crippen molar-refractivity contribution in [2.24, 2.45) is 0 Å². The van der Waals surface area contributed by atoms with E-state index in [0.717, 1.165) is 19.4 Å². The minimum Gasteiger partial charge on any atom is -0.504 e. The maximum atomic E-state index is 10.0. The molecule has 19 heavy (non-hydrogen) atoms. The summed E-state index contributed by atoms with van der Waals surface area (Å²) in [6, 6.07) is 6.39. The second-order valence-electron chi connectivity index (χ2n) is 5.65. The molecule has 0 radical (unpaired) electrons. The van der Waals surface area contributed by atoms with Gasteiger partial charge in [-0.05, 0) is 50.6 Å². The number of hydrogen-bond acceptors (Lipinski definition) is 3. The number of nitrogens with zero attached hydrogens (tertiary/aromatic N) is 1. The molecule has 0 spiro atoms. The molecule has 1 aromatic carbocycles. The molecule has 1 saturated heterocycles. The first kappa shape index (κ1) is 12.5. The third-order valence-corrected chi connectivity index (χ3v) is 4.74. The fourth-order valence-electron chi connectivity index (χ4n) is 3.71. The van der Waals surface area contributed by atoms with Crippen molar-refractivity contribution >= 4 is 0 Å². The molecule has 3 heteroatoms. The SMILES string of the molecule is COc1ccc([C@@]23C=CCCC2N(C)CC3)cc1O. The Morgan fingerprint density at radius 1 is 1.42 bits per heavy atom. The molecule has 1 unspecified atom stereocenters. The lowest BCUT2D eigenvalue weighted by Gasteiger charge is -2.38. The molecule has 3 nitrogen and oxygen atoms in total. The molecule has 0 bridgehead atoms. The summed E-state index contributed by atoms with van der Waals surface area (Å²) in [7, 11) is 3.79. The van der Waals surface area contributed by atoms with E-state index in [2.05, 4.69) is 30.2 Å². The Morgan fingerprint density at radius 2 is 2.26 bits per heavy atom. The minimum absolute atomic E-state index is 0.0662. The van der Waals surface area contributed by atoms with Crippen LogP contribution in [0.15, 0.2) is 30.4 Å². The normalized spacial score (nSPS) is 30.3.